The van der Waals surface area contributed by atoms with Crippen molar-refractivity contribution in [1.29, 1.82) is 0 Å². The molecule has 1 fully saturated rings. The van der Waals surface area contributed by atoms with Crippen molar-refractivity contribution in [3.05, 3.63) is 41.1 Å². The second kappa shape index (κ2) is 4.72. The molecule has 0 spiro atoms. The summed E-state index contributed by atoms with van der Waals surface area (Å²) in [4.78, 5) is 0. The molecule has 1 aromatic heterocycles. The summed E-state index contributed by atoms with van der Waals surface area (Å²) < 4.78 is 1.90. The van der Waals surface area contributed by atoms with E-state index in [0.29, 0.717) is 5.92 Å². The molecule has 0 unspecified atom stereocenters. The number of aryl methyl sites for hydroxylation is 1. The molecule has 3 nitrogen and oxygen atoms in total. The molecule has 19 heavy (non-hydrogen) atoms. The molecule has 100 valence electrons. The predicted molar refractivity (Wildman–Crippen MR) is 78.7 cm³/mol. The van der Waals surface area contributed by atoms with E-state index in [1.54, 1.807) is 0 Å². The van der Waals surface area contributed by atoms with Crippen molar-refractivity contribution in [3.8, 4) is 5.69 Å². The van der Waals surface area contributed by atoms with Gasteiger partial charge in [0.25, 0.3) is 0 Å². The summed E-state index contributed by atoms with van der Waals surface area (Å²) in [6.07, 6.45) is 5.15. The molecule has 2 aromatic rings. The van der Waals surface area contributed by atoms with E-state index < -0.39 is 0 Å². The third-order valence-electron chi connectivity index (χ3n) is 4.33. The average Bonchev–Trinajstić information content (AvgIpc) is 3.02. The van der Waals surface area contributed by atoms with Crippen LogP contribution in [0.2, 0.25) is 0 Å². The summed E-state index contributed by atoms with van der Waals surface area (Å²) in [5.74, 6) is 1.35. The Hall–Kier alpha value is -1.77. The van der Waals surface area contributed by atoms with Gasteiger partial charge in [0.1, 0.15) is 5.82 Å². The van der Waals surface area contributed by atoms with E-state index in [0.717, 1.165) is 17.2 Å². The molecule has 3 rings (SSSR count). The van der Waals surface area contributed by atoms with Gasteiger partial charge < -0.3 is 5.73 Å². The highest BCUT2D eigenvalue weighted by Gasteiger charge is 2.21. The van der Waals surface area contributed by atoms with Gasteiger partial charge in [-0.3, -0.25) is 0 Å². The molecular weight excluding hydrogens is 234 g/mol. The minimum absolute atomic E-state index is 0.605. The molecule has 0 bridgehead atoms. The molecular formula is C16H21N3. The van der Waals surface area contributed by atoms with Crippen LogP contribution in [-0.2, 0) is 0 Å². The monoisotopic (exact) mass is 255 g/mol. The highest BCUT2D eigenvalue weighted by molar-refractivity contribution is 5.50. The van der Waals surface area contributed by atoms with Gasteiger partial charge in [0.15, 0.2) is 0 Å². The van der Waals surface area contributed by atoms with Gasteiger partial charge in [0, 0.05) is 12.0 Å². The first kappa shape index (κ1) is 12.3. The molecule has 1 aliphatic rings. The second-order valence-electron chi connectivity index (χ2n) is 5.61. The van der Waals surface area contributed by atoms with E-state index in [-0.39, 0.29) is 0 Å². The van der Waals surface area contributed by atoms with Gasteiger partial charge in [-0.05, 0) is 43.9 Å². The second-order valence-corrected chi connectivity index (χ2v) is 5.61. The number of nitrogen functional groups attached to an aromatic ring is 1. The standard InChI is InChI=1S/C16H21N3/c1-11-6-5-9-15(12(11)2)19-16(17)10-14(18-19)13-7-3-4-8-13/h5-6,9-10,13H,3-4,7-8,17H2,1-2H3. The fraction of sp³-hybridized carbons (Fsp3) is 0.438. The Labute approximate surface area is 114 Å². The van der Waals surface area contributed by atoms with Gasteiger partial charge in [0.05, 0.1) is 11.4 Å². The molecule has 1 aliphatic carbocycles. The van der Waals surface area contributed by atoms with Gasteiger partial charge >= 0.3 is 0 Å². The van der Waals surface area contributed by atoms with Crippen LogP contribution in [-0.4, -0.2) is 9.78 Å². The molecule has 1 aromatic carbocycles. The number of benzene rings is 1. The van der Waals surface area contributed by atoms with E-state index in [9.17, 15) is 0 Å². The molecule has 0 radical (unpaired) electrons. The zero-order chi connectivity index (χ0) is 13.4. The van der Waals surface area contributed by atoms with Crippen molar-refractivity contribution in [2.75, 3.05) is 5.73 Å². The Kier molecular flexibility index (Phi) is 3.05. The van der Waals surface area contributed by atoms with Gasteiger partial charge in [-0.2, -0.15) is 5.10 Å². The summed E-state index contributed by atoms with van der Waals surface area (Å²) in [6, 6.07) is 8.33. The molecule has 0 aliphatic heterocycles. The summed E-state index contributed by atoms with van der Waals surface area (Å²) in [7, 11) is 0. The van der Waals surface area contributed by atoms with Crippen LogP contribution in [0.25, 0.3) is 5.69 Å². The Morgan fingerprint density at radius 1 is 1.21 bits per heavy atom. The number of nitrogens with zero attached hydrogens (tertiary/aromatic N) is 2. The molecule has 3 heteroatoms. The van der Waals surface area contributed by atoms with Crippen molar-refractivity contribution in [1.82, 2.24) is 9.78 Å². The highest BCUT2D eigenvalue weighted by atomic mass is 15.3. The molecule has 1 saturated carbocycles. The maximum atomic E-state index is 6.16. The third-order valence-corrected chi connectivity index (χ3v) is 4.33. The Morgan fingerprint density at radius 3 is 2.68 bits per heavy atom. The predicted octanol–water partition coefficient (Wildman–Crippen LogP) is 3.73. The number of hydrogen-bond donors (Lipinski definition) is 1. The van der Waals surface area contributed by atoms with Crippen LogP contribution in [0.5, 0.6) is 0 Å². The average molecular weight is 255 g/mol. The number of aromatic nitrogens is 2. The van der Waals surface area contributed by atoms with Crippen molar-refractivity contribution in [2.24, 2.45) is 0 Å². The third kappa shape index (κ3) is 2.14. The number of rotatable bonds is 2. The summed E-state index contributed by atoms with van der Waals surface area (Å²) >= 11 is 0. The van der Waals surface area contributed by atoms with E-state index in [1.165, 1.54) is 36.8 Å². The molecule has 1 heterocycles. The fourth-order valence-corrected chi connectivity index (χ4v) is 2.99. The smallest absolute Gasteiger partial charge is 0.127 e. The van der Waals surface area contributed by atoms with Crippen LogP contribution in [0.15, 0.2) is 24.3 Å². The molecule has 0 amide bonds. The number of hydrogen-bond acceptors (Lipinski definition) is 2. The summed E-state index contributed by atoms with van der Waals surface area (Å²) in [6.45, 7) is 4.25. The van der Waals surface area contributed by atoms with Crippen molar-refractivity contribution in [3.63, 3.8) is 0 Å². The van der Waals surface area contributed by atoms with Crippen molar-refractivity contribution in [2.45, 2.75) is 45.4 Å². The topological polar surface area (TPSA) is 43.8 Å². The zero-order valence-electron chi connectivity index (χ0n) is 11.7. The van der Waals surface area contributed by atoms with E-state index in [2.05, 4.69) is 38.1 Å². The van der Waals surface area contributed by atoms with Gasteiger partial charge in [-0.25, -0.2) is 4.68 Å². The van der Waals surface area contributed by atoms with Crippen LogP contribution < -0.4 is 5.73 Å². The van der Waals surface area contributed by atoms with Crippen molar-refractivity contribution < 1.29 is 0 Å². The zero-order valence-corrected chi connectivity index (χ0v) is 11.7. The first-order valence-corrected chi connectivity index (χ1v) is 7.09. The van der Waals surface area contributed by atoms with E-state index in [4.69, 9.17) is 10.8 Å². The lowest BCUT2D eigenvalue weighted by Crippen LogP contribution is -2.05. The van der Waals surface area contributed by atoms with Gasteiger partial charge in [0.2, 0.25) is 0 Å². The van der Waals surface area contributed by atoms with Crippen molar-refractivity contribution >= 4 is 5.82 Å². The SMILES string of the molecule is Cc1cccc(-n2nc(C3CCCC3)cc2N)c1C. The number of anilines is 1. The molecule has 0 atom stereocenters. The van der Waals surface area contributed by atoms with E-state index >= 15 is 0 Å². The minimum atomic E-state index is 0.605. The highest BCUT2D eigenvalue weighted by Crippen LogP contribution is 2.34. The summed E-state index contributed by atoms with van der Waals surface area (Å²) in [5, 5.41) is 4.76. The lowest BCUT2D eigenvalue weighted by Gasteiger charge is -2.10. The van der Waals surface area contributed by atoms with Crippen LogP contribution in [0.1, 0.15) is 48.4 Å². The van der Waals surface area contributed by atoms with Crippen LogP contribution in [0, 0.1) is 13.8 Å². The van der Waals surface area contributed by atoms with Crippen LogP contribution >= 0.6 is 0 Å². The van der Waals surface area contributed by atoms with Gasteiger partial charge in [-0.15, -0.1) is 0 Å². The maximum Gasteiger partial charge on any atom is 0.127 e. The largest absolute Gasteiger partial charge is 0.384 e. The Balaban J connectivity index is 2.03. The van der Waals surface area contributed by atoms with Crippen LogP contribution in [0.3, 0.4) is 0 Å². The first-order valence-electron chi connectivity index (χ1n) is 7.09. The Morgan fingerprint density at radius 2 is 1.95 bits per heavy atom. The summed E-state index contributed by atoms with van der Waals surface area (Å²) in [5.41, 5.74) is 10.9. The first-order chi connectivity index (χ1) is 9.16. The fourth-order valence-electron chi connectivity index (χ4n) is 2.99. The lowest BCUT2D eigenvalue weighted by atomic mass is 10.1. The quantitative estimate of drug-likeness (QED) is 0.888. The maximum absolute atomic E-state index is 6.16. The minimum Gasteiger partial charge on any atom is -0.384 e. The molecule has 2 N–H and O–H groups in total. The molecule has 0 saturated heterocycles. The van der Waals surface area contributed by atoms with Crippen LogP contribution in [0.4, 0.5) is 5.82 Å². The normalized spacial score (nSPS) is 16.1. The Bertz CT molecular complexity index is 592. The lowest BCUT2D eigenvalue weighted by molar-refractivity contribution is 0.678. The van der Waals surface area contributed by atoms with Gasteiger partial charge in [-0.1, -0.05) is 25.0 Å². The number of nitrogens with two attached hydrogens (primary N) is 1. The van der Waals surface area contributed by atoms with E-state index in [1.807, 2.05) is 4.68 Å².